The molecule has 3 aromatic rings. The predicted octanol–water partition coefficient (Wildman–Crippen LogP) is 3.11. The van der Waals surface area contributed by atoms with Gasteiger partial charge in [-0.3, -0.25) is 0 Å². The van der Waals surface area contributed by atoms with E-state index in [1.165, 1.54) is 4.31 Å². The maximum atomic E-state index is 13.1. The molecule has 0 aliphatic heterocycles. The van der Waals surface area contributed by atoms with Gasteiger partial charge >= 0.3 is 0 Å². The molecule has 0 bridgehead atoms. The minimum atomic E-state index is -3.65. The Morgan fingerprint density at radius 3 is 2.52 bits per heavy atom. The average Bonchev–Trinajstić information content (AvgIpc) is 3.49. The molecule has 0 amide bonds. The number of nitrogens with zero attached hydrogens (tertiary/aromatic N) is 3. The molecule has 1 saturated carbocycles. The van der Waals surface area contributed by atoms with Gasteiger partial charge in [-0.25, -0.2) is 8.42 Å². The molecule has 0 N–H and O–H groups in total. The van der Waals surface area contributed by atoms with E-state index < -0.39 is 10.0 Å². The second kappa shape index (κ2) is 7.84. The van der Waals surface area contributed by atoms with Crippen molar-refractivity contribution in [3.8, 4) is 22.9 Å². The van der Waals surface area contributed by atoms with Gasteiger partial charge in [-0.2, -0.15) is 9.29 Å². The Morgan fingerprint density at radius 1 is 1.10 bits per heavy atom. The molecule has 2 aromatic carbocycles. The van der Waals surface area contributed by atoms with Crippen LogP contribution >= 0.6 is 0 Å². The van der Waals surface area contributed by atoms with Crippen molar-refractivity contribution >= 4 is 10.0 Å². The fourth-order valence-electron chi connectivity index (χ4n) is 3.05. The lowest BCUT2D eigenvalue weighted by atomic mass is 10.2. The average molecular weight is 415 g/mol. The summed E-state index contributed by atoms with van der Waals surface area (Å²) in [7, 11) is -0.540. The summed E-state index contributed by atoms with van der Waals surface area (Å²) in [6.07, 6.45) is 1.63. The number of aromatic nitrogens is 2. The Labute approximate surface area is 169 Å². The van der Waals surface area contributed by atoms with Crippen LogP contribution in [-0.2, 0) is 16.6 Å². The summed E-state index contributed by atoms with van der Waals surface area (Å²) < 4.78 is 43.6. The zero-order valence-electron chi connectivity index (χ0n) is 16.1. The van der Waals surface area contributed by atoms with Gasteiger partial charge in [-0.1, -0.05) is 23.4 Å². The summed E-state index contributed by atoms with van der Waals surface area (Å²) in [6.45, 7) is 0.0151. The summed E-state index contributed by atoms with van der Waals surface area (Å²) in [5, 5.41) is 4.01. The van der Waals surface area contributed by atoms with Crippen LogP contribution < -0.4 is 9.47 Å². The van der Waals surface area contributed by atoms with E-state index in [1.54, 1.807) is 62.8 Å². The smallest absolute Gasteiger partial charge is 0.243 e. The van der Waals surface area contributed by atoms with Crippen molar-refractivity contribution in [1.82, 2.24) is 14.4 Å². The van der Waals surface area contributed by atoms with E-state index in [0.717, 1.165) is 12.8 Å². The number of sulfonamides is 1. The van der Waals surface area contributed by atoms with E-state index in [1.807, 2.05) is 0 Å². The molecule has 1 aliphatic carbocycles. The SMILES string of the molecule is COc1ccc(OC)c(-c2noc(CN(C3CC3)S(=O)(=O)c3ccccc3)n2)c1. The molecule has 1 heterocycles. The topological polar surface area (TPSA) is 94.8 Å². The first-order chi connectivity index (χ1) is 14.0. The first-order valence-corrected chi connectivity index (χ1v) is 10.6. The highest BCUT2D eigenvalue weighted by Gasteiger charge is 2.39. The van der Waals surface area contributed by atoms with E-state index in [4.69, 9.17) is 14.0 Å². The zero-order valence-corrected chi connectivity index (χ0v) is 16.9. The lowest BCUT2D eigenvalue weighted by molar-refractivity contribution is 0.311. The largest absolute Gasteiger partial charge is 0.497 e. The van der Waals surface area contributed by atoms with Crippen molar-refractivity contribution in [3.63, 3.8) is 0 Å². The first kappa shape index (κ1) is 19.4. The van der Waals surface area contributed by atoms with Gasteiger partial charge in [-0.15, -0.1) is 0 Å². The van der Waals surface area contributed by atoms with Crippen LogP contribution in [0.5, 0.6) is 11.5 Å². The maximum Gasteiger partial charge on any atom is 0.243 e. The molecule has 0 atom stereocenters. The van der Waals surface area contributed by atoms with Crippen LogP contribution in [0, 0.1) is 0 Å². The van der Waals surface area contributed by atoms with Gasteiger partial charge in [0.05, 0.1) is 31.2 Å². The van der Waals surface area contributed by atoms with E-state index in [9.17, 15) is 8.42 Å². The highest BCUT2D eigenvalue weighted by Crippen LogP contribution is 2.35. The number of hydrogen-bond donors (Lipinski definition) is 0. The third-order valence-electron chi connectivity index (χ3n) is 4.71. The second-order valence-corrected chi connectivity index (χ2v) is 8.56. The minimum absolute atomic E-state index is 0.0151. The van der Waals surface area contributed by atoms with Gasteiger partial charge in [0, 0.05) is 6.04 Å². The second-order valence-electron chi connectivity index (χ2n) is 6.67. The Bertz CT molecular complexity index is 1090. The number of benzene rings is 2. The Morgan fingerprint density at radius 2 is 1.86 bits per heavy atom. The quantitative estimate of drug-likeness (QED) is 0.558. The van der Waals surface area contributed by atoms with Crippen LogP contribution in [0.2, 0.25) is 0 Å². The van der Waals surface area contributed by atoms with E-state index in [0.29, 0.717) is 22.9 Å². The Hall–Kier alpha value is -2.91. The van der Waals surface area contributed by atoms with Gasteiger partial charge < -0.3 is 14.0 Å². The normalized spacial score (nSPS) is 14.2. The molecule has 1 aliphatic rings. The van der Waals surface area contributed by atoms with Crippen molar-refractivity contribution in [3.05, 3.63) is 54.4 Å². The summed E-state index contributed by atoms with van der Waals surface area (Å²) in [5.74, 6) is 1.72. The number of hydrogen-bond acceptors (Lipinski definition) is 7. The fraction of sp³-hybridized carbons (Fsp3) is 0.300. The van der Waals surface area contributed by atoms with E-state index in [-0.39, 0.29) is 23.4 Å². The number of rotatable bonds is 8. The van der Waals surface area contributed by atoms with Crippen molar-refractivity contribution in [2.45, 2.75) is 30.3 Å². The third-order valence-corrected chi connectivity index (χ3v) is 6.62. The molecule has 8 nitrogen and oxygen atoms in total. The van der Waals surface area contributed by atoms with E-state index >= 15 is 0 Å². The molecule has 0 radical (unpaired) electrons. The maximum absolute atomic E-state index is 13.1. The van der Waals surface area contributed by atoms with Gasteiger partial charge in [-0.05, 0) is 43.2 Å². The van der Waals surface area contributed by atoms with Crippen molar-refractivity contribution in [2.75, 3.05) is 14.2 Å². The number of ether oxygens (including phenoxy) is 2. The Balaban J connectivity index is 1.63. The molecule has 0 spiro atoms. The van der Waals surface area contributed by atoms with Crippen molar-refractivity contribution in [2.24, 2.45) is 0 Å². The highest BCUT2D eigenvalue weighted by molar-refractivity contribution is 7.89. The van der Waals surface area contributed by atoms with E-state index in [2.05, 4.69) is 10.1 Å². The lowest BCUT2D eigenvalue weighted by Gasteiger charge is -2.20. The molecular weight excluding hydrogens is 394 g/mol. The van der Waals surface area contributed by atoms with Gasteiger partial charge in [0.15, 0.2) is 0 Å². The van der Waals surface area contributed by atoms with Gasteiger partial charge in [0.25, 0.3) is 0 Å². The molecule has 4 rings (SSSR count). The van der Waals surface area contributed by atoms with Crippen LogP contribution in [0.15, 0.2) is 57.9 Å². The molecule has 29 heavy (non-hydrogen) atoms. The molecular formula is C20H21N3O5S. The molecule has 9 heteroatoms. The highest BCUT2D eigenvalue weighted by atomic mass is 32.2. The van der Waals surface area contributed by atoms with Crippen LogP contribution in [-0.4, -0.2) is 43.1 Å². The molecule has 1 fully saturated rings. The predicted molar refractivity (Wildman–Crippen MR) is 105 cm³/mol. The minimum Gasteiger partial charge on any atom is -0.497 e. The molecule has 1 aromatic heterocycles. The first-order valence-electron chi connectivity index (χ1n) is 9.15. The van der Waals surface area contributed by atoms with Crippen LogP contribution in [0.4, 0.5) is 0 Å². The summed E-state index contributed by atoms with van der Waals surface area (Å²) >= 11 is 0. The fourth-order valence-corrected chi connectivity index (χ4v) is 4.71. The van der Waals surface area contributed by atoms with Gasteiger partial charge in [0.2, 0.25) is 21.7 Å². The van der Waals surface area contributed by atoms with Crippen molar-refractivity contribution in [1.29, 1.82) is 0 Å². The third kappa shape index (κ3) is 3.96. The molecule has 152 valence electrons. The zero-order chi connectivity index (χ0) is 20.4. The lowest BCUT2D eigenvalue weighted by Crippen LogP contribution is -2.32. The monoisotopic (exact) mass is 415 g/mol. The summed E-state index contributed by atoms with van der Waals surface area (Å²) in [4.78, 5) is 4.65. The summed E-state index contributed by atoms with van der Waals surface area (Å²) in [6, 6.07) is 13.6. The van der Waals surface area contributed by atoms with Crippen LogP contribution in [0.25, 0.3) is 11.4 Å². The molecule has 0 saturated heterocycles. The van der Waals surface area contributed by atoms with Crippen molar-refractivity contribution < 1.29 is 22.4 Å². The summed E-state index contributed by atoms with van der Waals surface area (Å²) in [5.41, 5.74) is 0.603. The molecule has 0 unspecified atom stereocenters. The van der Waals surface area contributed by atoms with Crippen LogP contribution in [0.3, 0.4) is 0 Å². The van der Waals surface area contributed by atoms with Crippen LogP contribution in [0.1, 0.15) is 18.7 Å². The van der Waals surface area contributed by atoms with Gasteiger partial charge in [0.1, 0.15) is 11.5 Å². The standard InChI is InChI=1S/C20H21N3O5S/c1-26-15-10-11-18(27-2)17(12-15)20-21-19(28-22-20)13-23(14-8-9-14)29(24,25)16-6-4-3-5-7-16/h3-7,10-12,14H,8-9,13H2,1-2H3. The number of methoxy groups -OCH3 is 2. The Kier molecular flexibility index (Phi) is 5.25.